The van der Waals surface area contributed by atoms with Crippen LogP contribution in [-0.2, 0) is 13.1 Å². The number of nitrogens with zero attached hydrogens (tertiary/aromatic N) is 4. The SMILES string of the molecule is O=c1c2ccccc2c(-c2ccccc2)nn1CC#CCn1ccnc1. The second kappa shape index (κ2) is 7.08. The molecule has 0 aliphatic carbocycles. The standard InChI is InChI=1S/C21H16N4O/c26-21-19-11-5-4-10-18(19)20(17-8-2-1-3-9-17)23-25(21)14-7-6-13-24-15-12-22-16-24/h1-5,8-12,15-16H,13-14H2. The van der Waals surface area contributed by atoms with E-state index in [0.717, 1.165) is 16.6 Å². The Bertz CT molecular complexity index is 1150. The normalized spacial score (nSPS) is 10.5. The highest BCUT2D eigenvalue weighted by Gasteiger charge is 2.11. The minimum atomic E-state index is -0.128. The summed E-state index contributed by atoms with van der Waals surface area (Å²) in [5.41, 5.74) is 1.64. The predicted octanol–water partition coefficient (Wildman–Crippen LogP) is 2.96. The molecule has 2 aromatic heterocycles. The second-order valence-corrected chi connectivity index (χ2v) is 5.81. The van der Waals surface area contributed by atoms with Crippen LogP contribution in [0.4, 0.5) is 0 Å². The number of hydrogen-bond acceptors (Lipinski definition) is 3. The van der Waals surface area contributed by atoms with Crippen LogP contribution >= 0.6 is 0 Å². The molecule has 0 atom stereocenters. The molecule has 2 heterocycles. The average molecular weight is 340 g/mol. The zero-order valence-corrected chi connectivity index (χ0v) is 14.0. The highest BCUT2D eigenvalue weighted by molar-refractivity contribution is 5.93. The molecule has 0 spiro atoms. The van der Waals surface area contributed by atoms with Gasteiger partial charge in [0, 0.05) is 23.3 Å². The Morgan fingerprint density at radius 1 is 0.885 bits per heavy atom. The maximum absolute atomic E-state index is 12.8. The Balaban J connectivity index is 1.74. The monoisotopic (exact) mass is 340 g/mol. The molecule has 0 aliphatic heterocycles. The molecule has 4 aromatic rings. The maximum atomic E-state index is 12.8. The van der Waals surface area contributed by atoms with Crippen LogP contribution in [0.3, 0.4) is 0 Å². The van der Waals surface area contributed by atoms with Gasteiger partial charge in [0.2, 0.25) is 0 Å². The Morgan fingerprint density at radius 3 is 2.38 bits per heavy atom. The molecule has 0 saturated carbocycles. The van der Waals surface area contributed by atoms with E-state index in [-0.39, 0.29) is 12.1 Å². The topological polar surface area (TPSA) is 52.7 Å². The van der Waals surface area contributed by atoms with E-state index >= 15 is 0 Å². The third-order valence-corrected chi connectivity index (χ3v) is 4.09. The van der Waals surface area contributed by atoms with Gasteiger partial charge in [0.15, 0.2) is 0 Å². The van der Waals surface area contributed by atoms with E-state index < -0.39 is 0 Å². The molecule has 126 valence electrons. The summed E-state index contributed by atoms with van der Waals surface area (Å²) < 4.78 is 3.31. The van der Waals surface area contributed by atoms with Gasteiger partial charge in [-0.3, -0.25) is 4.79 Å². The van der Waals surface area contributed by atoms with E-state index in [4.69, 9.17) is 0 Å². The molecule has 0 unspecified atom stereocenters. The highest BCUT2D eigenvalue weighted by atomic mass is 16.1. The first kappa shape index (κ1) is 15.9. The summed E-state index contributed by atoms with van der Waals surface area (Å²) in [5, 5.41) is 6.09. The van der Waals surface area contributed by atoms with Crippen LogP contribution in [0.1, 0.15) is 0 Å². The minimum Gasteiger partial charge on any atom is -0.326 e. The lowest BCUT2D eigenvalue weighted by Crippen LogP contribution is -2.23. The van der Waals surface area contributed by atoms with Crippen LogP contribution in [0.5, 0.6) is 0 Å². The summed E-state index contributed by atoms with van der Waals surface area (Å²) in [6, 6.07) is 17.4. The van der Waals surface area contributed by atoms with Crippen molar-refractivity contribution in [2.45, 2.75) is 13.1 Å². The predicted molar refractivity (Wildman–Crippen MR) is 101 cm³/mol. The third-order valence-electron chi connectivity index (χ3n) is 4.09. The fourth-order valence-corrected chi connectivity index (χ4v) is 2.81. The van der Waals surface area contributed by atoms with Crippen molar-refractivity contribution in [3.8, 4) is 23.1 Å². The van der Waals surface area contributed by atoms with Gasteiger partial charge in [-0.1, -0.05) is 60.4 Å². The van der Waals surface area contributed by atoms with E-state index in [2.05, 4.69) is 21.9 Å². The molecule has 0 aliphatic rings. The second-order valence-electron chi connectivity index (χ2n) is 5.81. The smallest absolute Gasteiger partial charge is 0.275 e. The van der Waals surface area contributed by atoms with Gasteiger partial charge in [-0.15, -0.1) is 0 Å². The first-order valence-electron chi connectivity index (χ1n) is 8.30. The number of benzene rings is 2. The summed E-state index contributed by atoms with van der Waals surface area (Å²) in [5.74, 6) is 6.07. The number of rotatable bonds is 3. The van der Waals surface area contributed by atoms with E-state index in [1.807, 2.05) is 65.4 Å². The number of hydrogen-bond donors (Lipinski definition) is 0. The lowest BCUT2D eigenvalue weighted by molar-refractivity contribution is 0.674. The van der Waals surface area contributed by atoms with Crippen molar-refractivity contribution < 1.29 is 0 Å². The fraction of sp³-hybridized carbons (Fsp3) is 0.0952. The van der Waals surface area contributed by atoms with E-state index in [9.17, 15) is 4.79 Å². The van der Waals surface area contributed by atoms with Crippen LogP contribution in [0.2, 0.25) is 0 Å². The third kappa shape index (κ3) is 3.13. The van der Waals surface area contributed by atoms with Crippen LogP contribution in [0, 0.1) is 11.8 Å². The first-order valence-corrected chi connectivity index (χ1v) is 8.30. The van der Waals surface area contributed by atoms with E-state index in [1.165, 1.54) is 4.68 Å². The minimum absolute atomic E-state index is 0.128. The first-order chi connectivity index (χ1) is 12.8. The quantitative estimate of drug-likeness (QED) is 0.539. The largest absolute Gasteiger partial charge is 0.326 e. The van der Waals surface area contributed by atoms with Crippen molar-refractivity contribution in [3.63, 3.8) is 0 Å². The molecule has 0 bridgehead atoms. The summed E-state index contributed by atoms with van der Waals surface area (Å²) in [6.45, 7) is 0.784. The van der Waals surface area contributed by atoms with Crippen molar-refractivity contribution in [3.05, 3.63) is 83.7 Å². The highest BCUT2D eigenvalue weighted by Crippen LogP contribution is 2.24. The van der Waals surface area contributed by atoms with Crippen LogP contribution in [0.25, 0.3) is 22.0 Å². The molecule has 4 rings (SSSR count). The number of fused-ring (bicyclic) bond motifs is 1. The molecule has 5 nitrogen and oxygen atoms in total. The summed E-state index contributed by atoms with van der Waals surface area (Å²) in [4.78, 5) is 16.7. The molecule has 0 saturated heterocycles. The van der Waals surface area contributed by atoms with E-state index in [1.54, 1.807) is 12.5 Å². The molecular formula is C21H16N4O. The van der Waals surface area contributed by atoms with Gasteiger partial charge < -0.3 is 4.57 Å². The van der Waals surface area contributed by atoms with Gasteiger partial charge >= 0.3 is 0 Å². The fourth-order valence-electron chi connectivity index (χ4n) is 2.81. The molecule has 0 radical (unpaired) electrons. The average Bonchev–Trinajstić information content (AvgIpc) is 3.21. The Hall–Kier alpha value is -3.65. The lowest BCUT2D eigenvalue weighted by atomic mass is 10.1. The molecule has 2 aromatic carbocycles. The van der Waals surface area contributed by atoms with Crippen LogP contribution in [0.15, 0.2) is 78.1 Å². The van der Waals surface area contributed by atoms with Gasteiger partial charge in [-0.2, -0.15) is 5.10 Å². The maximum Gasteiger partial charge on any atom is 0.275 e. The van der Waals surface area contributed by atoms with Gasteiger partial charge in [-0.25, -0.2) is 9.67 Å². The number of aromatic nitrogens is 4. The van der Waals surface area contributed by atoms with Crippen LogP contribution in [-0.4, -0.2) is 19.3 Å². The summed E-state index contributed by atoms with van der Waals surface area (Å²) in [6.07, 6.45) is 5.27. The van der Waals surface area contributed by atoms with Gasteiger partial charge in [0.25, 0.3) is 5.56 Å². The van der Waals surface area contributed by atoms with Gasteiger partial charge in [-0.05, 0) is 6.07 Å². The Morgan fingerprint density at radius 2 is 1.62 bits per heavy atom. The molecule has 5 heteroatoms. The van der Waals surface area contributed by atoms with Gasteiger partial charge in [0.1, 0.15) is 6.54 Å². The van der Waals surface area contributed by atoms with Gasteiger partial charge in [0.05, 0.1) is 24.0 Å². The van der Waals surface area contributed by atoms with Crippen molar-refractivity contribution in [1.29, 1.82) is 0 Å². The molecule has 0 fully saturated rings. The molecular weight excluding hydrogens is 324 g/mol. The van der Waals surface area contributed by atoms with Crippen molar-refractivity contribution >= 4 is 10.8 Å². The lowest BCUT2D eigenvalue weighted by Gasteiger charge is -2.09. The van der Waals surface area contributed by atoms with Crippen molar-refractivity contribution in [1.82, 2.24) is 19.3 Å². The molecule has 0 N–H and O–H groups in total. The molecule has 26 heavy (non-hydrogen) atoms. The molecule has 0 amide bonds. The summed E-state index contributed by atoms with van der Waals surface area (Å²) >= 11 is 0. The zero-order valence-electron chi connectivity index (χ0n) is 14.0. The number of imidazole rings is 1. The van der Waals surface area contributed by atoms with Crippen LogP contribution < -0.4 is 5.56 Å². The Labute approximate surface area is 150 Å². The van der Waals surface area contributed by atoms with Crippen molar-refractivity contribution in [2.75, 3.05) is 0 Å². The van der Waals surface area contributed by atoms with Crippen molar-refractivity contribution in [2.24, 2.45) is 0 Å². The Kier molecular flexibility index (Phi) is 4.31. The zero-order chi connectivity index (χ0) is 17.8. The van der Waals surface area contributed by atoms with E-state index in [0.29, 0.717) is 11.9 Å². The summed E-state index contributed by atoms with van der Waals surface area (Å²) in [7, 11) is 0.